The summed E-state index contributed by atoms with van der Waals surface area (Å²) in [6, 6.07) is 3.33. The van der Waals surface area contributed by atoms with Crippen LogP contribution < -0.4 is 4.72 Å². The summed E-state index contributed by atoms with van der Waals surface area (Å²) in [5.41, 5.74) is 1.44. The molecule has 0 heterocycles. The van der Waals surface area contributed by atoms with Crippen LogP contribution in [0.1, 0.15) is 30.4 Å². The van der Waals surface area contributed by atoms with Crippen molar-refractivity contribution in [3.63, 3.8) is 0 Å². The molecule has 1 fully saturated rings. The Morgan fingerprint density at radius 3 is 2.42 bits per heavy atom. The Hall–Kier alpha value is -0.880. The van der Waals surface area contributed by atoms with Crippen LogP contribution in [0.2, 0.25) is 0 Å². The average Bonchev–Trinajstić information content (AvgIpc) is 2.19. The Morgan fingerprint density at radius 1 is 1.26 bits per heavy atom. The molecule has 1 aromatic rings. The second-order valence-electron chi connectivity index (χ2n) is 4.96. The Bertz CT molecular complexity index is 621. The highest BCUT2D eigenvalue weighted by atomic mass is 79.9. The number of benzene rings is 1. The first-order valence-electron chi connectivity index (χ1n) is 6.14. The van der Waals surface area contributed by atoms with E-state index in [2.05, 4.69) is 20.7 Å². The van der Waals surface area contributed by atoms with Crippen molar-refractivity contribution in [2.24, 2.45) is 5.92 Å². The molecular formula is C13H16BrNO3S. The predicted molar refractivity (Wildman–Crippen MR) is 76.3 cm³/mol. The molecule has 0 aromatic heterocycles. The molecule has 0 saturated heterocycles. The van der Waals surface area contributed by atoms with Crippen LogP contribution in [0.3, 0.4) is 0 Å². The first-order valence-corrected chi connectivity index (χ1v) is 8.42. The van der Waals surface area contributed by atoms with E-state index in [9.17, 15) is 13.2 Å². The molecule has 1 aromatic carbocycles. The molecular weight excluding hydrogens is 330 g/mol. The van der Waals surface area contributed by atoms with Gasteiger partial charge in [-0.25, -0.2) is 13.1 Å². The molecule has 1 aliphatic rings. The maximum absolute atomic E-state index is 12.2. The average molecular weight is 346 g/mol. The Morgan fingerprint density at radius 2 is 1.89 bits per heavy atom. The van der Waals surface area contributed by atoms with E-state index in [1.165, 1.54) is 0 Å². The molecule has 2 rings (SSSR count). The number of amides is 1. The Labute approximate surface area is 121 Å². The minimum absolute atomic E-state index is 0.147. The molecule has 19 heavy (non-hydrogen) atoms. The number of rotatable bonds is 3. The van der Waals surface area contributed by atoms with E-state index in [1.807, 2.05) is 6.92 Å². The van der Waals surface area contributed by atoms with Crippen LogP contribution in [-0.4, -0.2) is 14.3 Å². The molecule has 1 N–H and O–H groups in total. The summed E-state index contributed by atoms with van der Waals surface area (Å²) >= 11 is 3.36. The maximum Gasteiger partial charge on any atom is 0.264 e. The van der Waals surface area contributed by atoms with Gasteiger partial charge in [-0.15, -0.1) is 0 Å². The van der Waals surface area contributed by atoms with E-state index in [0.717, 1.165) is 29.3 Å². The van der Waals surface area contributed by atoms with Gasteiger partial charge >= 0.3 is 0 Å². The zero-order valence-electron chi connectivity index (χ0n) is 10.9. The van der Waals surface area contributed by atoms with Crippen LogP contribution in [-0.2, 0) is 14.8 Å². The standard InChI is InChI=1S/C13H16BrNO3S/c1-8-7-12(9(2)6-11(8)14)19(17,18)15-13(16)10-4-3-5-10/h6-7,10H,3-5H2,1-2H3,(H,15,16). The van der Waals surface area contributed by atoms with Crippen molar-refractivity contribution in [3.05, 3.63) is 27.7 Å². The number of nitrogens with one attached hydrogen (secondary N) is 1. The van der Waals surface area contributed by atoms with E-state index < -0.39 is 10.0 Å². The van der Waals surface area contributed by atoms with Crippen LogP contribution in [0.15, 0.2) is 21.5 Å². The van der Waals surface area contributed by atoms with Crippen LogP contribution in [0, 0.1) is 19.8 Å². The summed E-state index contributed by atoms with van der Waals surface area (Å²) in [6.07, 6.45) is 2.55. The number of aryl methyl sites for hydroxylation is 2. The summed E-state index contributed by atoms with van der Waals surface area (Å²) in [4.78, 5) is 11.9. The molecule has 1 amide bonds. The van der Waals surface area contributed by atoms with Crippen molar-refractivity contribution in [2.75, 3.05) is 0 Å². The third-order valence-electron chi connectivity index (χ3n) is 3.46. The third-order valence-corrected chi connectivity index (χ3v) is 5.80. The topological polar surface area (TPSA) is 63.2 Å². The second-order valence-corrected chi connectivity index (χ2v) is 7.47. The zero-order chi connectivity index (χ0) is 14.2. The number of halogens is 1. The Balaban J connectivity index is 2.28. The van der Waals surface area contributed by atoms with Gasteiger partial charge in [-0.05, 0) is 49.9 Å². The molecule has 0 spiro atoms. The summed E-state index contributed by atoms with van der Waals surface area (Å²) in [7, 11) is -3.77. The van der Waals surface area contributed by atoms with E-state index in [4.69, 9.17) is 0 Å². The number of carbonyl (C=O) groups excluding carboxylic acids is 1. The quantitative estimate of drug-likeness (QED) is 0.915. The lowest BCUT2D eigenvalue weighted by atomic mass is 9.85. The van der Waals surface area contributed by atoms with Crippen molar-refractivity contribution in [3.8, 4) is 0 Å². The molecule has 6 heteroatoms. The van der Waals surface area contributed by atoms with Crippen LogP contribution in [0.5, 0.6) is 0 Å². The lowest BCUT2D eigenvalue weighted by Crippen LogP contribution is -2.38. The lowest BCUT2D eigenvalue weighted by molar-refractivity contribution is -0.125. The van der Waals surface area contributed by atoms with Gasteiger partial charge in [-0.1, -0.05) is 22.4 Å². The van der Waals surface area contributed by atoms with Gasteiger partial charge in [0.05, 0.1) is 4.90 Å². The number of hydrogen-bond donors (Lipinski definition) is 1. The van der Waals surface area contributed by atoms with E-state index in [-0.39, 0.29) is 16.7 Å². The minimum Gasteiger partial charge on any atom is -0.274 e. The van der Waals surface area contributed by atoms with Gasteiger partial charge in [0, 0.05) is 10.4 Å². The molecule has 0 aliphatic heterocycles. The molecule has 1 aliphatic carbocycles. The molecule has 4 nitrogen and oxygen atoms in total. The summed E-state index contributed by atoms with van der Waals surface area (Å²) in [6.45, 7) is 3.53. The first kappa shape index (κ1) is 14.5. The van der Waals surface area contributed by atoms with E-state index in [1.54, 1.807) is 19.1 Å². The normalized spacial score (nSPS) is 15.9. The number of hydrogen-bond acceptors (Lipinski definition) is 3. The van der Waals surface area contributed by atoms with Crippen LogP contribution in [0.25, 0.3) is 0 Å². The van der Waals surface area contributed by atoms with Gasteiger partial charge in [0.25, 0.3) is 10.0 Å². The van der Waals surface area contributed by atoms with Gasteiger partial charge in [-0.2, -0.15) is 0 Å². The Kier molecular flexibility index (Phi) is 4.01. The number of carbonyl (C=O) groups is 1. The number of sulfonamides is 1. The van der Waals surface area contributed by atoms with Crippen molar-refractivity contribution < 1.29 is 13.2 Å². The highest BCUT2D eigenvalue weighted by Gasteiger charge is 2.29. The van der Waals surface area contributed by atoms with Crippen LogP contribution >= 0.6 is 15.9 Å². The molecule has 0 radical (unpaired) electrons. The van der Waals surface area contributed by atoms with Crippen molar-refractivity contribution >= 4 is 31.9 Å². The molecule has 104 valence electrons. The van der Waals surface area contributed by atoms with Gasteiger partial charge in [-0.3, -0.25) is 4.79 Å². The fraction of sp³-hybridized carbons (Fsp3) is 0.462. The fourth-order valence-corrected chi connectivity index (χ4v) is 3.80. The van der Waals surface area contributed by atoms with Crippen molar-refractivity contribution in [2.45, 2.75) is 38.0 Å². The highest BCUT2D eigenvalue weighted by Crippen LogP contribution is 2.28. The zero-order valence-corrected chi connectivity index (χ0v) is 13.3. The smallest absolute Gasteiger partial charge is 0.264 e. The van der Waals surface area contributed by atoms with Gasteiger partial charge in [0.2, 0.25) is 5.91 Å². The van der Waals surface area contributed by atoms with Crippen LogP contribution in [0.4, 0.5) is 0 Å². The minimum atomic E-state index is -3.77. The summed E-state index contributed by atoms with van der Waals surface area (Å²) in [5.74, 6) is -0.530. The van der Waals surface area contributed by atoms with Crippen molar-refractivity contribution in [1.29, 1.82) is 0 Å². The molecule has 0 bridgehead atoms. The van der Waals surface area contributed by atoms with E-state index >= 15 is 0 Å². The fourth-order valence-electron chi connectivity index (χ4n) is 1.99. The SMILES string of the molecule is Cc1cc(S(=O)(=O)NC(=O)C2CCC2)c(C)cc1Br. The molecule has 1 saturated carbocycles. The largest absolute Gasteiger partial charge is 0.274 e. The lowest BCUT2D eigenvalue weighted by Gasteiger charge is -2.24. The monoisotopic (exact) mass is 345 g/mol. The van der Waals surface area contributed by atoms with Gasteiger partial charge in [0.1, 0.15) is 0 Å². The van der Waals surface area contributed by atoms with Gasteiger partial charge in [0.15, 0.2) is 0 Å². The summed E-state index contributed by atoms with van der Waals surface area (Å²) in [5, 5.41) is 0. The first-order chi connectivity index (χ1) is 8.81. The highest BCUT2D eigenvalue weighted by molar-refractivity contribution is 9.10. The predicted octanol–water partition coefficient (Wildman–Crippen LogP) is 2.67. The molecule has 0 unspecified atom stereocenters. The summed E-state index contributed by atoms with van der Waals surface area (Å²) < 4.78 is 27.5. The second kappa shape index (κ2) is 5.25. The van der Waals surface area contributed by atoms with Crippen molar-refractivity contribution in [1.82, 2.24) is 4.72 Å². The third kappa shape index (κ3) is 3.00. The maximum atomic E-state index is 12.2. The van der Waals surface area contributed by atoms with Gasteiger partial charge < -0.3 is 0 Å². The molecule has 0 atom stereocenters. The van der Waals surface area contributed by atoms with E-state index in [0.29, 0.717) is 5.56 Å².